The van der Waals surface area contributed by atoms with E-state index in [1.165, 1.54) is 0 Å². The van der Waals surface area contributed by atoms with Crippen LogP contribution in [0.15, 0.2) is 35.9 Å². The number of hydrogen-bond donors (Lipinski definition) is 1. The predicted octanol–water partition coefficient (Wildman–Crippen LogP) is 2.35. The van der Waals surface area contributed by atoms with Crippen LogP contribution < -0.4 is 11.3 Å². The van der Waals surface area contributed by atoms with Crippen molar-refractivity contribution in [2.75, 3.05) is 0 Å². The summed E-state index contributed by atoms with van der Waals surface area (Å²) in [6, 6.07) is 7.99. The third kappa shape index (κ3) is 3.71. The third-order valence-corrected chi connectivity index (χ3v) is 2.74. The minimum Gasteiger partial charge on any atom is -0.545 e. The molecule has 0 saturated heterocycles. The van der Waals surface area contributed by atoms with Gasteiger partial charge in [0, 0.05) is 5.41 Å². The van der Waals surface area contributed by atoms with Gasteiger partial charge in [-0.15, -0.1) is 0 Å². The van der Waals surface area contributed by atoms with Gasteiger partial charge in [0.2, 0.25) is 0 Å². The van der Waals surface area contributed by atoms with Crippen molar-refractivity contribution in [1.29, 1.82) is 0 Å². The summed E-state index contributed by atoms with van der Waals surface area (Å²) in [5.41, 5.74) is 2.27. The van der Waals surface area contributed by atoms with Gasteiger partial charge in [-0.2, -0.15) is 0 Å². The molecule has 0 saturated carbocycles. The van der Waals surface area contributed by atoms with E-state index >= 15 is 0 Å². The molecule has 94 valence electrons. The maximum absolute atomic E-state index is 10.7. The molecule has 0 aromatic heterocycles. The lowest BCUT2D eigenvalue weighted by Gasteiger charge is -2.24. The lowest BCUT2D eigenvalue weighted by Crippen LogP contribution is -2.25. The van der Waals surface area contributed by atoms with Gasteiger partial charge in [-0.05, 0) is 30.5 Å². The van der Waals surface area contributed by atoms with Gasteiger partial charge in [-0.3, -0.25) is 0 Å². The molecule has 0 aliphatic carbocycles. The van der Waals surface area contributed by atoms with Crippen LogP contribution in [0.1, 0.15) is 31.9 Å². The first-order valence-electron chi connectivity index (χ1n) is 5.31. The van der Waals surface area contributed by atoms with Crippen LogP contribution >= 0.6 is 0 Å². The highest BCUT2D eigenvalue weighted by molar-refractivity contribution is 5.84. The Morgan fingerprint density at radius 1 is 1.29 bits per heavy atom. The Balaban J connectivity index is 0.00000256. The smallest absolute Gasteiger partial charge is 0.0669 e. The molecular formula is C14H21NO2. The van der Waals surface area contributed by atoms with Crippen molar-refractivity contribution in [3.05, 3.63) is 47.0 Å². The summed E-state index contributed by atoms with van der Waals surface area (Å²) >= 11 is 0. The average molecular weight is 235 g/mol. The van der Waals surface area contributed by atoms with Crippen LogP contribution in [0.5, 0.6) is 0 Å². The number of quaternary nitrogens is 1. The molecule has 17 heavy (non-hydrogen) atoms. The summed E-state index contributed by atoms with van der Waals surface area (Å²) in [6.07, 6.45) is 1.74. The number of allylic oxidation sites excluding steroid dienone is 1. The fourth-order valence-electron chi connectivity index (χ4n) is 1.97. The number of aryl methyl sites for hydroxylation is 1. The van der Waals surface area contributed by atoms with Crippen LogP contribution in [0, 0.1) is 6.92 Å². The van der Waals surface area contributed by atoms with Gasteiger partial charge in [0.25, 0.3) is 0 Å². The van der Waals surface area contributed by atoms with E-state index < -0.39 is 5.97 Å². The van der Waals surface area contributed by atoms with Crippen molar-refractivity contribution in [3.63, 3.8) is 0 Å². The van der Waals surface area contributed by atoms with Gasteiger partial charge in [0.1, 0.15) is 0 Å². The SMILES string of the molecule is CC(=CC(C)(C)c1ccccc1C)C(=O)[O-].[NH4+]. The van der Waals surface area contributed by atoms with E-state index in [-0.39, 0.29) is 17.1 Å². The minimum atomic E-state index is -1.11. The van der Waals surface area contributed by atoms with Crippen LogP contribution in [0.4, 0.5) is 0 Å². The normalized spacial score (nSPS) is 11.9. The zero-order valence-electron chi connectivity index (χ0n) is 11.2. The highest BCUT2D eigenvalue weighted by Gasteiger charge is 2.19. The first kappa shape index (κ1) is 15.4. The molecule has 0 aliphatic heterocycles. The number of hydrogen-bond acceptors (Lipinski definition) is 2. The van der Waals surface area contributed by atoms with Crippen molar-refractivity contribution in [2.24, 2.45) is 0 Å². The van der Waals surface area contributed by atoms with Crippen molar-refractivity contribution in [3.8, 4) is 0 Å². The van der Waals surface area contributed by atoms with Crippen molar-refractivity contribution < 1.29 is 9.90 Å². The fraction of sp³-hybridized carbons (Fsp3) is 0.357. The second-order valence-electron chi connectivity index (χ2n) is 4.65. The number of carboxylic acids is 1. The molecule has 0 aliphatic rings. The lowest BCUT2D eigenvalue weighted by atomic mass is 9.81. The first-order valence-corrected chi connectivity index (χ1v) is 5.31. The maximum atomic E-state index is 10.7. The second-order valence-corrected chi connectivity index (χ2v) is 4.65. The Morgan fingerprint density at radius 2 is 1.82 bits per heavy atom. The Kier molecular flexibility index (Phi) is 5.10. The molecule has 4 N–H and O–H groups in total. The molecule has 0 spiro atoms. The van der Waals surface area contributed by atoms with Gasteiger partial charge in [0.15, 0.2) is 0 Å². The number of aliphatic carboxylic acids is 1. The van der Waals surface area contributed by atoms with E-state index in [2.05, 4.69) is 0 Å². The van der Waals surface area contributed by atoms with Crippen LogP contribution in [0.25, 0.3) is 0 Å². The van der Waals surface area contributed by atoms with Gasteiger partial charge in [-0.25, -0.2) is 0 Å². The Hall–Kier alpha value is -1.61. The fourth-order valence-corrected chi connectivity index (χ4v) is 1.97. The Bertz CT molecular complexity index is 434. The maximum Gasteiger partial charge on any atom is 0.0669 e. The molecule has 0 fully saturated rings. The molecule has 1 aromatic carbocycles. The summed E-state index contributed by atoms with van der Waals surface area (Å²) in [5, 5.41) is 10.7. The minimum absolute atomic E-state index is 0. The zero-order chi connectivity index (χ0) is 12.3. The van der Waals surface area contributed by atoms with Gasteiger partial charge in [0.05, 0.1) is 5.97 Å². The van der Waals surface area contributed by atoms with Crippen molar-refractivity contribution in [2.45, 2.75) is 33.1 Å². The van der Waals surface area contributed by atoms with E-state index in [1.54, 1.807) is 13.0 Å². The lowest BCUT2D eigenvalue weighted by molar-refractivity contribution is -0.299. The quantitative estimate of drug-likeness (QED) is 0.816. The summed E-state index contributed by atoms with van der Waals surface area (Å²) < 4.78 is 0. The number of carbonyl (C=O) groups excluding carboxylic acids is 1. The number of benzene rings is 1. The van der Waals surface area contributed by atoms with Crippen LogP contribution in [-0.4, -0.2) is 5.97 Å². The van der Waals surface area contributed by atoms with Crippen molar-refractivity contribution >= 4 is 5.97 Å². The van der Waals surface area contributed by atoms with Crippen LogP contribution in [0.3, 0.4) is 0 Å². The van der Waals surface area contributed by atoms with E-state index in [0.717, 1.165) is 11.1 Å². The summed E-state index contributed by atoms with van der Waals surface area (Å²) in [5.74, 6) is -1.11. The molecule has 1 aromatic rings. The molecule has 1 rings (SSSR count). The standard InChI is InChI=1S/C14H18O2.H3N/c1-10-7-5-6-8-12(10)14(3,4)9-11(2)13(15)16;/h5-9H,1-4H3,(H,15,16);1H3. The summed E-state index contributed by atoms with van der Waals surface area (Å²) in [6.45, 7) is 7.60. The molecule has 3 heteroatoms. The Labute approximate surface area is 103 Å². The van der Waals surface area contributed by atoms with Gasteiger partial charge < -0.3 is 16.1 Å². The van der Waals surface area contributed by atoms with Crippen LogP contribution in [0.2, 0.25) is 0 Å². The molecular weight excluding hydrogens is 214 g/mol. The molecule has 0 heterocycles. The molecule has 0 atom stereocenters. The molecule has 0 amide bonds. The topological polar surface area (TPSA) is 76.6 Å². The largest absolute Gasteiger partial charge is 0.545 e. The van der Waals surface area contributed by atoms with E-state index in [9.17, 15) is 9.90 Å². The van der Waals surface area contributed by atoms with E-state index in [0.29, 0.717) is 0 Å². The second kappa shape index (κ2) is 5.64. The monoisotopic (exact) mass is 235 g/mol. The summed E-state index contributed by atoms with van der Waals surface area (Å²) in [7, 11) is 0. The molecule has 0 unspecified atom stereocenters. The molecule has 0 bridgehead atoms. The Morgan fingerprint density at radius 3 is 2.29 bits per heavy atom. The first-order chi connectivity index (χ1) is 7.34. The number of carbonyl (C=O) groups is 1. The number of carboxylic acid groups (broad SMARTS) is 1. The molecule has 0 radical (unpaired) electrons. The predicted molar refractivity (Wildman–Crippen MR) is 69.0 cm³/mol. The average Bonchev–Trinajstić information content (AvgIpc) is 2.17. The zero-order valence-corrected chi connectivity index (χ0v) is 11.2. The van der Waals surface area contributed by atoms with Gasteiger partial charge >= 0.3 is 0 Å². The van der Waals surface area contributed by atoms with Crippen molar-refractivity contribution in [1.82, 2.24) is 6.15 Å². The summed E-state index contributed by atoms with van der Waals surface area (Å²) in [4.78, 5) is 10.7. The van der Waals surface area contributed by atoms with E-state index in [4.69, 9.17) is 0 Å². The highest BCUT2D eigenvalue weighted by atomic mass is 16.4. The van der Waals surface area contributed by atoms with E-state index in [1.807, 2.05) is 45.0 Å². The highest BCUT2D eigenvalue weighted by Crippen LogP contribution is 2.28. The van der Waals surface area contributed by atoms with Crippen LogP contribution in [-0.2, 0) is 10.2 Å². The molecule has 3 nitrogen and oxygen atoms in total. The number of rotatable bonds is 3. The third-order valence-electron chi connectivity index (χ3n) is 2.74. The van der Waals surface area contributed by atoms with Gasteiger partial charge in [-0.1, -0.05) is 44.2 Å².